The maximum Gasteiger partial charge on any atom is 0.353 e. The predicted octanol–water partition coefficient (Wildman–Crippen LogP) is 1.10. The van der Waals surface area contributed by atoms with Crippen LogP contribution in [0.2, 0.25) is 0 Å². The van der Waals surface area contributed by atoms with Gasteiger partial charge >= 0.3 is 5.97 Å². The van der Waals surface area contributed by atoms with Crippen LogP contribution in [0.15, 0.2) is 16.0 Å². The molecule has 0 bridgehead atoms. The van der Waals surface area contributed by atoms with Crippen molar-refractivity contribution in [2.45, 2.75) is 44.1 Å². The minimum atomic E-state index is -1.09. The number of hydrogen-bond acceptors (Lipinski definition) is 8. The van der Waals surface area contributed by atoms with Gasteiger partial charge in [0.1, 0.15) is 11.4 Å². The Bertz CT molecular complexity index is 922. The van der Waals surface area contributed by atoms with Gasteiger partial charge in [0.15, 0.2) is 5.13 Å². The molecule has 162 valence electrons. The predicted molar refractivity (Wildman–Crippen MR) is 113 cm³/mol. The number of β-lactam (4-membered cyclic amide) rings is 1. The van der Waals surface area contributed by atoms with Gasteiger partial charge < -0.3 is 25.7 Å². The van der Waals surface area contributed by atoms with Gasteiger partial charge in [0.25, 0.3) is 5.91 Å². The molecule has 0 spiro atoms. The lowest BCUT2D eigenvalue weighted by molar-refractivity contribution is -0.163. The van der Waals surface area contributed by atoms with E-state index in [4.69, 9.17) is 5.73 Å². The molecule has 3 aliphatic rings. The second kappa shape index (κ2) is 7.86. The van der Waals surface area contributed by atoms with Crippen molar-refractivity contribution < 1.29 is 24.6 Å². The number of aliphatic carboxylic acids is 1. The van der Waals surface area contributed by atoms with E-state index in [2.05, 4.69) is 9.88 Å². The third-order valence-corrected chi connectivity index (χ3v) is 8.59. The van der Waals surface area contributed by atoms with Gasteiger partial charge in [-0.3, -0.25) is 9.59 Å². The zero-order chi connectivity index (χ0) is 21.7. The Morgan fingerprint density at radius 2 is 2.03 bits per heavy atom. The monoisotopic (exact) mass is 452 g/mol. The number of thiazole rings is 1. The number of anilines is 1. The number of hydrogen-bond donors (Lipinski definition) is 3. The summed E-state index contributed by atoms with van der Waals surface area (Å²) in [5, 5.41) is 22.4. The number of nitrogens with zero attached hydrogens (tertiary/aromatic N) is 3. The first kappa shape index (κ1) is 21.1. The van der Waals surface area contributed by atoms with E-state index < -0.39 is 23.9 Å². The summed E-state index contributed by atoms with van der Waals surface area (Å²) in [6, 6.07) is -0.284. The van der Waals surface area contributed by atoms with E-state index in [1.165, 1.54) is 16.2 Å². The molecule has 4 rings (SSSR count). The minimum absolute atomic E-state index is 0.0767. The molecule has 2 saturated heterocycles. The molecule has 0 radical (unpaired) electrons. The van der Waals surface area contributed by atoms with Crippen LogP contribution in [0.1, 0.15) is 37.2 Å². The van der Waals surface area contributed by atoms with Crippen molar-refractivity contribution in [3.8, 4) is 0 Å². The number of carbonyl (C=O) groups excluding carboxylic acids is 2. The molecule has 3 unspecified atom stereocenters. The maximum absolute atomic E-state index is 12.4. The van der Waals surface area contributed by atoms with Gasteiger partial charge in [0, 0.05) is 34.5 Å². The van der Waals surface area contributed by atoms with Crippen LogP contribution in [-0.2, 0) is 9.59 Å². The zero-order valence-electron chi connectivity index (χ0n) is 16.6. The normalized spacial score (nSPS) is 27.8. The van der Waals surface area contributed by atoms with Crippen molar-refractivity contribution in [1.29, 1.82) is 0 Å². The number of aromatic nitrogens is 1. The molecule has 0 aromatic carbocycles. The third kappa shape index (κ3) is 3.38. The standard InChI is InChI=1S/C19H24N4O5S2/c1-8-13-12(9(2)24)17(26)23(13)14(18(27)28)15(8)30-10-3-5-22(6-4-10)19-21-11(7-29-19)16(20)25/h7-10,12-13,24H,3-6H2,1-2H3,(H2,20,25)(H,27,28)/t8-,9?,12?,13?/m1/s1. The average Bonchev–Trinajstić information content (AvgIpc) is 3.26. The van der Waals surface area contributed by atoms with Gasteiger partial charge in [-0.05, 0) is 19.8 Å². The zero-order valence-corrected chi connectivity index (χ0v) is 18.3. The quantitative estimate of drug-likeness (QED) is 0.546. The molecule has 30 heavy (non-hydrogen) atoms. The molecule has 11 heteroatoms. The maximum atomic E-state index is 12.4. The molecule has 0 saturated carbocycles. The van der Waals surface area contributed by atoms with Crippen LogP contribution in [-0.4, -0.2) is 68.4 Å². The van der Waals surface area contributed by atoms with E-state index >= 15 is 0 Å². The Kier molecular flexibility index (Phi) is 5.54. The van der Waals surface area contributed by atoms with Gasteiger partial charge in [-0.1, -0.05) is 6.92 Å². The van der Waals surface area contributed by atoms with Crippen molar-refractivity contribution in [2.24, 2.45) is 17.6 Å². The molecule has 4 heterocycles. The summed E-state index contributed by atoms with van der Waals surface area (Å²) in [7, 11) is 0. The molecular weight excluding hydrogens is 428 g/mol. The Hall–Kier alpha value is -2.11. The third-order valence-electron chi connectivity index (χ3n) is 6.06. The topological polar surface area (TPSA) is 137 Å². The number of carbonyl (C=O) groups is 3. The lowest BCUT2D eigenvalue weighted by Crippen LogP contribution is -2.63. The summed E-state index contributed by atoms with van der Waals surface area (Å²) in [6.45, 7) is 5.01. The summed E-state index contributed by atoms with van der Waals surface area (Å²) in [5.74, 6) is -2.60. The minimum Gasteiger partial charge on any atom is -0.477 e. The van der Waals surface area contributed by atoms with E-state index in [1.807, 2.05) is 6.92 Å². The SMILES string of the molecule is CC(O)C1C(=O)N2C(C(=O)O)=C(SC3CCN(c4nc(C(N)=O)cs4)CC3)[C@H](C)C12. The smallest absolute Gasteiger partial charge is 0.353 e. The van der Waals surface area contributed by atoms with E-state index in [9.17, 15) is 24.6 Å². The number of rotatable bonds is 6. The fraction of sp³-hybridized carbons (Fsp3) is 0.579. The number of thioether (sulfide) groups is 1. The number of aliphatic hydroxyl groups is 1. The van der Waals surface area contributed by atoms with E-state index in [1.54, 1.807) is 24.1 Å². The van der Waals surface area contributed by atoms with Crippen LogP contribution >= 0.6 is 23.1 Å². The molecule has 3 aliphatic heterocycles. The Labute approximate surface area is 181 Å². The van der Waals surface area contributed by atoms with Crippen LogP contribution < -0.4 is 10.6 Å². The van der Waals surface area contributed by atoms with Crippen LogP contribution in [0.25, 0.3) is 0 Å². The summed E-state index contributed by atoms with van der Waals surface area (Å²) in [4.78, 5) is 44.1. The van der Waals surface area contributed by atoms with Crippen molar-refractivity contribution in [1.82, 2.24) is 9.88 Å². The number of primary amides is 1. The number of carboxylic acid groups (broad SMARTS) is 1. The van der Waals surface area contributed by atoms with Crippen LogP contribution in [0.3, 0.4) is 0 Å². The molecule has 9 nitrogen and oxygen atoms in total. The Morgan fingerprint density at radius 3 is 2.57 bits per heavy atom. The van der Waals surface area contributed by atoms with Gasteiger partial charge in [-0.25, -0.2) is 9.78 Å². The molecule has 1 aromatic heterocycles. The fourth-order valence-corrected chi connectivity index (χ4v) is 6.87. The highest BCUT2D eigenvalue weighted by Gasteiger charge is 2.60. The second-order valence-corrected chi connectivity index (χ2v) is 10.1. The molecule has 4 atom stereocenters. The number of nitrogens with two attached hydrogens (primary N) is 1. The molecular formula is C19H24N4O5S2. The molecule has 2 fully saturated rings. The van der Waals surface area contributed by atoms with Gasteiger partial charge in [0.2, 0.25) is 5.91 Å². The molecule has 2 amide bonds. The first-order chi connectivity index (χ1) is 14.2. The lowest BCUT2D eigenvalue weighted by Gasteiger charge is -2.46. The van der Waals surface area contributed by atoms with Crippen LogP contribution in [0.5, 0.6) is 0 Å². The summed E-state index contributed by atoms with van der Waals surface area (Å²) in [5.41, 5.74) is 5.62. The van der Waals surface area contributed by atoms with Gasteiger partial charge in [-0.15, -0.1) is 23.1 Å². The van der Waals surface area contributed by atoms with Crippen LogP contribution in [0.4, 0.5) is 5.13 Å². The molecule has 4 N–H and O–H groups in total. The van der Waals surface area contributed by atoms with Crippen molar-refractivity contribution >= 4 is 46.0 Å². The number of amides is 2. The number of aliphatic hydroxyl groups excluding tert-OH is 1. The highest BCUT2D eigenvalue weighted by molar-refractivity contribution is 8.03. The average molecular weight is 453 g/mol. The summed E-state index contributed by atoms with van der Waals surface area (Å²) in [6.07, 6.45) is 0.863. The van der Waals surface area contributed by atoms with Crippen LogP contribution in [0, 0.1) is 11.8 Å². The van der Waals surface area contributed by atoms with E-state index in [-0.39, 0.29) is 34.5 Å². The van der Waals surface area contributed by atoms with Crippen molar-refractivity contribution in [2.75, 3.05) is 18.0 Å². The molecule has 0 aliphatic carbocycles. The fourth-order valence-electron chi connectivity index (χ4n) is 4.55. The highest BCUT2D eigenvalue weighted by Crippen LogP contribution is 2.52. The molecule has 1 aromatic rings. The Morgan fingerprint density at radius 1 is 1.37 bits per heavy atom. The number of piperidine rings is 1. The van der Waals surface area contributed by atoms with Gasteiger partial charge in [-0.2, -0.15) is 0 Å². The first-order valence-electron chi connectivity index (χ1n) is 9.86. The first-order valence-corrected chi connectivity index (χ1v) is 11.6. The lowest BCUT2D eigenvalue weighted by atomic mass is 9.79. The van der Waals surface area contributed by atoms with Crippen molar-refractivity contribution in [3.05, 3.63) is 21.7 Å². The number of carboxylic acids is 1. The summed E-state index contributed by atoms with van der Waals surface area (Å²) >= 11 is 2.94. The highest BCUT2D eigenvalue weighted by atomic mass is 32.2. The van der Waals surface area contributed by atoms with Crippen molar-refractivity contribution in [3.63, 3.8) is 0 Å². The summed E-state index contributed by atoms with van der Waals surface area (Å²) < 4.78 is 0. The van der Waals surface area contributed by atoms with E-state index in [0.29, 0.717) is 0 Å². The largest absolute Gasteiger partial charge is 0.477 e. The Balaban J connectivity index is 1.45. The van der Waals surface area contributed by atoms with E-state index in [0.717, 1.165) is 36.0 Å². The second-order valence-electron chi connectivity index (χ2n) is 7.96. The number of fused-ring (bicyclic) bond motifs is 1. The van der Waals surface area contributed by atoms with Gasteiger partial charge in [0.05, 0.1) is 18.1 Å².